The third kappa shape index (κ3) is 7.80. The zero-order valence-corrected chi connectivity index (χ0v) is 20.8. The number of sulfonamides is 1. The van der Waals surface area contributed by atoms with Gasteiger partial charge in [-0.15, -0.1) is 0 Å². The van der Waals surface area contributed by atoms with Crippen LogP contribution in [0.15, 0.2) is 78.0 Å². The number of amides is 2. The minimum Gasteiger partial charge on any atom is -0.488 e. The molecule has 1 heterocycles. The third-order valence-corrected chi connectivity index (χ3v) is 6.62. The number of aryl methyl sites for hydroxylation is 1. The fraction of sp³-hybridized carbons (Fsp3) is 0.308. The molecule has 2 atom stereocenters. The molecule has 3 rings (SSSR count). The third-order valence-electron chi connectivity index (χ3n) is 5.29. The number of hydrogen-bond acceptors (Lipinski definition) is 6. The van der Waals surface area contributed by atoms with Gasteiger partial charge < -0.3 is 15.2 Å². The Labute approximate surface area is 206 Å². The number of hydrogen-bond donors (Lipinski definition) is 3. The first kappa shape index (κ1) is 26.2. The van der Waals surface area contributed by atoms with Crippen LogP contribution in [0.25, 0.3) is 11.1 Å². The molecule has 0 bridgehead atoms. The topological polar surface area (TPSA) is 118 Å². The Morgan fingerprint density at radius 1 is 1.03 bits per heavy atom. The lowest BCUT2D eigenvalue weighted by molar-refractivity contribution is 0.0420. The molecule has 3 aromatic rings. The molecule has 186 valence electrons. The number of aromatic nitrogens is 1. The van der Waals surface area contributed by atoms with Gasteiger partial charge in [0.2, 0.25) is 0 Å². The average Bonchev–Trinajstić information content (AvgIpc) is 2.83. The van der Waals surface area contributed by atoms with E-state index in [0.29, 0.717) is 24.2 Å². The maximum absolute atomic E-state index is 12.6. The Morgan fingerprint density at radius 2 is 1.77 bits per heavy atom. The van der Waals surface area contributed by atoms with Crippen LogP contribution in [-0.2, 0) is 16.4 Å². The number of carbonyl (C=O) groups is 1. The standard InChI is InChI=1S/C26H31N3O5S/c1-18(2)28-26(31)29-35(32,33)24-8-4-7-22(16-24)21-10-12-23(13-11-21)34-19(3)25(30)14-9-20-6-5-15-27-17-20/h4-8,10-13,15-19,25,30H,9,14H2,1-3H3,(H2,28,29,31). The molecule has 2 amide bonds. The average molecular weight is 498 g/mol. The maximum Gasteiger partial charge on any atom is 0.328 e. The van der Waals surface area contributed by atoms with Crippen LogP contribution >= 0.6 is 0 Å². The zero-order chi connectivity index (χ0) is 25.4. The molecule has 0 spiro atoms. The van der Waals surface area contributed by atoms with Crippen molar-refractivity contribution in [1.82, 2.24) is 15.0 Å². The molecule has 1 aromatic heterocycles. The van der Waals surface area contributed by atoms with Crippen LogP contribution in [0.5, 0.6) is 5.75 Å². The normalized spacial score (nSPS) is 13.2. The molecule has 8 nitrogen and oxygen atoms in total. The summed E-state index contributed by atoms with van der Waals surface area (Å²) in [6.45, 7) is 5.30. The smallest absolute Gasteiger partial charge is 0.328 e. The second-order valence-electron chi connectivity index (χ2n) is 8.58. The number of carbonyl (C=O) groups excluding carboxylic acids is 1. The van der Waals surface area contributed by atoms with Crippen molar-refractivity contribution in [2.24, 2.45) is 0 Å². The molecule has 0 aliphatic carbocycles. The van der Waals surface area contributed by atoms with E-state index in [2.05, 4.69) is 10.3 Å². The largest absolute Gasteiger partial charge is 0.488 e. The Kier molecular flexibility index (Phi) is 8.84. The van der Waals surface area contributed by atoms with E-state index in [9.17, 15) is 18.3 Å². The van der Waals surface area contributed by atoms with Crippen molar-refractivity contribution in [3.8, 4) is 16.9 Å². The first-order valence-electron chi connectivity index (χ1n) is 11.4. The highest BCUT2D eigenvalue weighted by atomic mass is 32.2. The van der Waals surface area contributed by atoms with Gasteiger partial charge in [0, 0.05) is 18.4 Å². The summed E-state index contributed by atoms with van der Waals surface area (Å²) < 4.78 is 33.1. The predicted octanol–water partition coefficient (Wildman–Crippen LogP) is 3.91. The molecule has 0 aliphatic rings. The van der Waals surface area contributed by atoms with Gasteiger partial charge in [-0.3, -0.25) is 4.98 Å². The first-order valence-corrected chi connectivity index (χ1v) is 12.9. The molecule has 2 unspecified atom stereocenters. The Hall–Kier alpha value is -3.43. The Bertz CT molecular complexity index is 1220. The summed E-state index contributed by atoms with van der Waals surface area (Å²) >= 11 is 0. The Balaban J connectivity index is 1.62. The summed E-state index contributed by atoms with van der Waals surface area (Å²) in [5, 5.41) is 13.0. The fourth-order valence-electron chi connectivity index (χ4n) is 3.43. The number of pyridine rings is 1. The van der Waals surface area contributed by atoms with E-state index in [1.165, 1.54) is 12.1 Å². The molecule has 2 aromatic carbocycles. The summed E-state index contributed by atoms with van der Waals surface area (Å²) in [6.07, 6.45) is 3.71. The van der Waals surface area contributed by atoms with Crippen LogP contribution in [0, 0.1) is 0 Å². The summed E-state index contributed by atoms with van der Waals surface area (Å²) in [4.78, 5) is 15.9. The number of benzene rings is 2. The van der Waals surface area contributed by atoms with Crippen molar-refractivity contribution in [2.75, 3.05) is 0 Å². The van der Waals surface area contributed by atoms with Crippen LogP contribution in [0.4, 0.5) is 4.79 Å². The number of aliphatic hydroxyl groups is 1. The highest BCUT2D eigenvalue weighted by Gasteiger charge is 2.19. The van der Waals surface area contributed by atoms with E-state index in [-0.39, 0.29) is 10.9 Å². The molecule has 0 radical (unpaired) electrons. The van der Waals surface area contributed by atoms with Gasteiger partial charge >= 0.3 is 6.03 Å². The van der Waals surface area contributed by atoms with Gasteiger partial charge in [-0.05, 0) is 80.6 Å². The van der Waals surface area contributed by atoms with Gasteiger partial charge in [-0.1, -0.05) is 30.3 Å². The SMILES string of the molecule is CC(C)NC(=O)NS(=O)(=O)c1cccc(-c2ccc(OC(C)C(O)CCc3cccnc3)cc2)c1. The number of rotatable bonds is 10. The van der Waals surface area contributed by atoms with Crippen molar-refractivity contribution < 1.29 is 23.1 Å². The summed E-state index contributed by atoms with van der Waals surface area (Å²) in [7, 11) is -4.01. The van der Waals surface area contributed by atoms with Crippen molar-refractivity contribution in [2.45, 2.75) is 56.8 Å². The fourth-order valence-corrected chi connectivity index (χ4v) is 4.39. The van der Waals surface area contributed by atoms with Gasteiger partial charge in [-0.25, -0.2) is 17.9 Å². The quantitative estimate of drug-likeness (QED) is 0.391. The molecule has 9 heteroatoms. The highest BCUT2D eigenvalue weighted by molar-refractivity contribution is 7.90. The van der Waals surface area contributed by atoms with E-state index in [4.69, 9.17) is 4.74 Å². The zero-order valence-electron chi connectivity index (χ0n) is 20.0. The van der Waals surface area contributed by atoms with Crippen LogP contribution in [0.2, 0.25) is 0 Å². The van der Waals surface area contributed by atoms with Crippen molar-refractivity contribution in [1.29, 1.82) is 0 Å². The number of aliphatic hydroxyl groups excluding tert-OH is 1. The van der Waals surface area contributed by atoms with Gasteiger partial charge in [0.1, 0.15) is 11.9 Å². The summed E-state index contributed by atoms with van der Waals surface area (Å²) in [6, 6.07) is 16.4. The monoisotopic (exact) mass is 497 g/mol. The highest BCUT2D eigenvalue weighted by Crippen LogP contribution is 2.25. The number of ether oxygens (including phenoxy) is 1. The summed E-state index contributed by atoms with van der Waals surface area (Å²) in [5.41, 5.74) is 2.52. The minimum absolute atomic E-state index is 0.0143. The predicted molar refractivity (Wildman–Crippen MR) is 135 cm³/mol. The molecule has 3 N–H and O–H groups in total. The van der Waals surface area contributed by atoms with Crippen LogP contribution in [-0.4, -0.2) is 42.8 Å². The molecular formula is C26H31N3O5S. The van der Waals surface area contributed by atoms with E-state index >= 15 is 0 Å². The minimum atomic E-state index is -4.01. The second-order valence-corrected chi connectivity index (χ2v) is 10.3. The Morgan fingerprint density at radius 3 is 2.43 bits per heavy atom. The molecular weight excluding hydrogens is 466 g/mol. The van der Waals surface area contributed by atoms with E-state index in [1.54, 1.807) is 50.5 Å². The summed E-state index contributed by atoms with van der Waals surface area (Å²) in [5.74, 6) is 0.595. The van der Waals surface area contributed by atoms with E-state index in [1.807, 2.05) is 35.9 Å². The van der Waals surface area contributed by atoms with Crippen LogP contribution in [0.1, 0.15) is 32.8 Å². The maximum atomic E-state index is 12.6. The van der Waals surface area contributed by atoms with Crippen LogP contribution in [0.3, 0.4) is 0 Å². The van der Waals surface area contributed by atoms with Crippen molar-refractivity contribution in [3.63, 3.8) is 0 Å². The molecule has 0 fully saturated rings. The van der Waals surface area contributed by atoms with Gasteiger partial charge in [0.05, 0.1) is 11.0 Å². The van der Waals surface area contributed by atoms with Crippen LogP contribution < -0.4 is 14.8 Å². The van der Waals surface area contributed by atoms with Gasteiger partial charge in [0.15, 0.2) is 0 Å². The number of nitrogens with zero attached hydrogens (tertiary/aromatic N) is 1. The molecule has 0 saturated carbocycles. The first-order chi connectivity index (χ1) is 16.6. The lowest BCUT2D eigenvalue weighted by Gasteiger charge is -2.20. The lowest BCUT2D eigenvalue weighted by Crippen LogP contribution is -2.42. The van der Waals surface area contributed by atoms with E-state index < -0.39 is 28.3 Å². The molecule has 0 saturated heterocycles. The lowest BCUT2D eigenvalue weighted by atomic mass is 10.0. The van der Waals surface area contributed by atoms with Gasteiger partial charge in [-0.2, -0.15) is 0 Å². The second kappa shape index (κ2) is 11.8. The van der Waals surface area contributed by atoms with Gasteiger partial charge in [0.25, 0.3) is 10.0 Å². The van der Waals surface area contributed by atoms with Crippen molar-refractivity contribution >= 4 is 16.1 Å². The van der Waals surface area contributed by atoms with Crippen molar-refractivity contribution in [3.05, 3.63) is 78.6 Å². The number of nitrogens with one attached hydrogen (secondary N) is 2. The molecule has 0 aliphatic heterocycles. The number of urea groups is 1. The van der Waals surface area contributed by atoms with E-state index in [0.717, 1.165) is 11.1 Å². The molecule has 35 heavy (non-hydrogen) atoms.